The number of aryl methyl sites for hydroxylation is 1. The van der Waals surface area contributed by atoms with Crippen molar-refractivity contribution in [2.45, 2.75) is 6.92 Å². The van der Waals surface area contributed by atoms with Crippen LogP contribution in [-0.4, -0.2) is 22.6 Å². The van der Waals surface area contributed by atoms with Crippen LogP contribution in [0.25, 0.3) is 0 Å². The van der Waals surface area contributed by atoms with E-state index in [2.05, 4.69) is 22.1 Å². The molecular weight excluding hydrogens is 252 g/mol. The number of rotatable bonds is 2. The van der Waals surface area contributed by atoms with E-state index in [1.54, 1.807) is 36.7 Å². The van der Waals surface area contributed by atoms with E-state index in [1.165, 1.54) is 0 Å². The first-order valence-electron chi connectivity index (χ1n) is 6.12. The maximum atomic E-state index is 12.1. The maximum Gasteiger partial charge on any atom is 0.255 e. The minimum Gasteiger partial charge on any atom is -0.384 e. The molecule has 2 aromatic rings. The number of carbonyl (C=O) groups is 1. The van der Waals surface area contributed by atoms with E-state index in [0.29, 0.717) is 16.8 Å². The zero-order valence-electron chi connectivity index (χ0n) is 11.1. The van der Waals surface area contributed by atoms with E-state index in [-0.39, 0.29) is 12.5 Å². The molecule has 0 radical (unpaired) electrons. The van der Waals surface area contributed by atoms with E-state index >= 15 is 0 Å². The van der Waals surface area contributed by atoms with Gasteiger partial charge in [-0.05, 0) is 36.8 Å². The summed E-state index contributed by atoms with van der Waals surface area (Å²) in [5.41, 5.74) is 2.83. The first kappa shape index (κ1) is 13.8. The largest absolute Gasteiger partial charge is 0.384 e. The van der Waals surface area contributed by atoms with Gasteiger partial charge >= 0.3 is 0 Å². The number of amides is 1. The van der Waals surface area contributed by atoms with Gasteiger partial charge in [-0.1, -0.05) is 17.9 Å². The second-order valence-electron chi connectivity index (χ2n) is 4.25. The van der Waals surface area contributed by atoms with Gasteiger partial charge in [-0.25, -0.2) is 0 Å². The highest BCUT2D eigenvalue weighted by atomic mass is 16.2. The number of nitrogens with zero attached hydrogens (tertiary/aromatic N) is 1. The van der Waals surface area contributed by atoms with Crippen LogP contribution in [0.3, 0.4) is 0 Å². The Bertz CT molecular complexity index is 684. The molecule has 0 saturated heterocycles. The molecule has 0 aliphatic carbocycles. The lowest BCUT2D eigenvalue weighted by Gasteiger charge is -2.05. The third kappa shape index (κ3) is 3.67. The number of aliphatic hydroxyl groups is 1. The van der Waals surface area contributed by atoms with E-state index in [1.807, 2.05) is 13.0 Å². The van der Waals surface area contributed by atoms with Crippen molar-refractivity contribution in [2.75, 3.05) is 11.9 Å². The lowest BCUT2D eigenvalue weighted by Crippen LogP contribution is -2.12. The zero-order valence-corrected chi connectivity index (χ0v) is 11.1. The fourth-order valence-corrected chi connectivity index (χ4v) is 1.71. The minimum atomic E-state index is -0.218. The highest BCUT2D eigenvalue weighted by Crippen LogP contribution is 2.11. The highest BCUT2D eigenvalue weighted by molar-refractivity contribution is 6.04. The van der Waals surface area contributed by atoms with E-state index < -0.39 is 0 Å². The first-order chi connectivity index (χ1) is 9.69. The molecule has 2 N–H and O–H groups in total. The van der Waals surface area contributed by atoms with Crippen LogP contribution >= 0.6 is 0 Å². The second-order valence-corrected chi connectivity index (χ2v) is 4.25. The van der Waals surface area contributed by atoms with Gasteiger partial charge in [0.2, 0.25) is 0 Å². The number of aliphatic hydroxyl groups excluding tert-OH is 1. The third-order valence-electron chi connectivity index (χ3n) is 2.57. The van der Waals surface area contributed by atoms with Gasteiger partial charge in [-0.3, -0.25) is 9.78 Å². The molecule has 0 aliphatic heterocycles. The van der Waals surface area contributed by atoms with E-state index in [9.17, 15) is 4.79 Å². The van der Waals surface area contributed by atoms with Crippen molar-refractivity contribution >= 4 is 11.6 Å². The van der Waals surface area contributed by atoms with Crippen LogP contribution < -0.4 is 5.32 Å². The monoisotopic (exact) mass is 266 g/mol. The molecule has 4 nitrogen and oxygen atoms in total. The Morgan fingerprint density at radius 2 is 2.20 bits per heavy atom. The molecule has 0 bridgehead atoms. The molecule has 0 spiro atoms. The van der Waals surface area contributed by atoms with Crippen molar-refractivity contribution in [1.29, 1.82) is 0 Å². The van der Waals surface area contributed by atoms with Crippen LogP contribution in [0.5, 0.6) is 0 Å². The van der Waals surface area contributed by atoms with Crippen molar-refractivity contribution in [3.8, 4) is 11.8 Å². The highest BCUT2D eigenvalue weighted by Gasteiger charge is 2.06. The summed E-state index contributed by atoms with van der Waals surface area (Å²) >= 11 is 0. The Kier molecular flexibility index (Phi) is 4.48. The van der Waals surface area contributed by atoms with Crippen molar-refractivity contribution in [2.24, 2.45) is 0 Å². The molecule has 1 heterocycles. The smallest absolute Gasteiger partial charge is 0.255 e. The van der Waals surface area contributed by atoms with Crippen LogP contribution in [-0.2, 0) is 0 Å². The normalized spacial score (nSPS) is 9.50. The molecule has 2 rings (SSSR count). The lowest BCUT2D eigenvalue weighted by molar-refractivity contribution is 0.102. The average molecular weight is 266 g/mol. The van der Waals surface area contributed by atoms with Gasteiger partial charge in [0, 0.05) is 17.3 Å². The Hall–Kier alpha value is -2.64. The van der Waals surface area contributed by atoms with Gasteiger partial charge in [0.15, 0.2) is 0 Å². The van der Waals surface area contributed by atoms with Crippen molar-refractivity contribution in [3.63, 3.8) is 0 Å². The molecule has 4 heteroatoms. The average Bonchev–Trinajstić information content (AvgIpc) is 2.45. The Labute approximate surface area is 117 Å². The number of nitrogens with one attached hydrogen (secondary N) is 1. The molecule has 0 fully saturated rings. The molecule has 0 aliphatic rings. The summed E-state index contributed by atoms with van der Waals surface area (Å²) < 4.78 is 0. The van der Waals surface area contributed by atoms with Gasteiger partial charge in [0.05, 0.1) is 11.9 Å². The molecular formula is C16H14N2O2. The van der Waals surface area contributed by atoms with Gasteiger partial charge in [-0.15, -0.1) is 0 Å². The predicted molar refractivity (Wildman–Crippen MR) is 77.3 cm³/mol. The number of hydrogen-bond acceptors (Lipinski definition) is 3. The molecule has 1 aromatic heterocycles. The van der Waals surface area contributed by atoms with Gasteiger partial charge < -0.3 is 10.4 Å². The summed E-state index contributed by atoms with van der Waals surface area (Å²) in [5.74, 6) is 5.10. The molecule has 1 amide bonds. The predicted octanol–water partition coefficient (Wildman–Crippen LogP) is 1.99. The summed E-state index contributed by atoms with van der Waals surface area (Å²) in [4.78, 5) is 16.1. The molecule has 0 saturated carbocycles. The number of carbonyl (C=O) groups excluding carboxylic acids is 1. The van der Waals surface area contributed by atoms with Crippen molar-refractivity contribution in [3.05, 3.63) is 59.4 Å². The summed E-state index contributed by atoms with van der Waals surface area (Å²) in [6.45, 7) is 1.71. The molecule has 0 atom stereocenters. The Morgan fingerprint density at radius 1 is 1.35 bits per heavy atom. The number of pyridine rings is 1. The molecule has 0 unspecified atom stereocenters. The minimum absolute atomic E-state index is 0.203. The topological polar surface area (TPSA) is 62.2 Å². The summed E-state index contributed by atoms with van der Waals surface area (Å²) in [5, 5.41) is 11.5. The number of aromatic nitrogens is 1. The Morgan fingerprint density at radius 3 is 2.95 bits per heavy atom. The first-order valence-corrected chi connectivity index (χ1v) is 6.12. The maximum absolute atomic E-state index is 12.1. The molecule has 1 aromatic carbocycles. The van der Waals surface area contributed by atoms with E-state index in [4.69, 9.17) is 5.11 Å². The van der Waals surface area contributed by atoms with Crippen molar-refractivity contribution < 1.29 is 9.90 Å². The second kappa shape index (κ2) is 6.50. The fraction of sp³-hybridized carbons (Fsp3) is 0.125. The summed E-state index contributed by atoms with van der Waals surface area (Å²) in [7, 11) is 0. The van der Waals surface area contributed by atoms with Crippen molar-refractivity contribution in [1.82, 2.24) is 4.98 Å². The Balaban J connectivity index is 2.17. The van der Waals surface area contributed by atoms with Crippen LogP contribution in [0.15, 0.2) is 42.7 Å². The SMILES string of the molecule is Cc1cncc(NC(=O)c2cccc(C#CCO)c2)c1. The zero-order chi connectivity index (χ0) is 14.4. The number of anilines is 1. The van der Waals surface area contributed by atoms with Crippen LogP contribution in [0, 0.1) is 18.8 Å². The molecule has 20 heavy (non-hydrogen) atoms. The van der Waals surface area contributed by atoms with Crippen LogP contribution in [0.1, 0.15) is 21.5 Å². The van der Waals surface area contributed by atoms with Crippen LogP contribution in [0.4, 0.5) is 5.69 Å². The number of hydrogen-bond donors (Lipinski definition) is 2. The van der Waals surface area contributed by atoms with E-state index in [0.717, 1.165) is 5.56 Å². The molecule has 100 valence electrons. The fourth-order valence-electron chi connectivity index (χ4n) is 1.71. The standard InChI is InChI=1S/C16H14N2O2/c1-12-8-15(11-17-10-12)18-16(20)14-6-2-4-13(9-14)5-3-7-19/h2,4,6,8-11,19H,7H2,1H3,(H,18,20). The van der Waals surface area contributed by atoms with Gasteiger partial charge in [0.1, 0.15) is 6.61 Å². The quantitative estimate of drug-likeness (QED) is 0.817. The van der Waals surface area contributed by atoms with Gasteiger partial charge in [0.25, 0.3) is 5.91 Å². The summed E-state index contributed by atoms with van der Waals surface area (Å²) in [6, 6.07) is 8.78. The summed E-state index contributed by atoms with van der Waals surface area (Å²) in [6.07, 6.45) is 3.32. The lowest BCUT2D eigenvalue weighted by atomic mass is 10.1. The third-order valence-corrected chi connectivity index (χ3v) is 2.57. The van der Waals surface area contributed by atoms with Gasteiger partial charge in [-0.2, -0.15) is 0 Å². The number of benzene rings is 1. The van der Waals surface area contributed by atoms with Crippen LogP contribution in [0.2, 0.25) is 0 Å².